The Morgan fingerprint density at radius 1 is 1.47 bits per heavy atom. The van der Waals surface area contributed by atoms with Crippen LogP contribution in [0.1, 0.15) is 30.6 Å². The van der Waals surface area contributed by atoms with Gasteiger partial charge in [-0.05, 0) is 6.92 Å². The molecule has 0 unspecified atom stereocenters. The zero-order valence-corrected chi connectivity index (χ0v) is 9.20. The summed E-state index contributed by atoms with van der Waals surface area (Å²) in [6.07, 6.45) is -2.43. The van der Waals surface area contributed by atoms with Gasteiger partial charge in [-0.2, -0.15) is 0 Å². The van der Waals surface area contributed by atoms with Gasteiger partial charge in [0.25, 0.3) is 0 Å². The van der Waals surface area contributed by atoms with Crippen molar-refractivity contribution in [2.75, 3.05) is 5.32 Å². The van der Waals surface area contributed by atoms with Crippen LogP contribution in [0.3, 0.4) is 0 Å². The number of aliphatic hydroxyl groups excluding tert-OH is 3. The number of fused-ring (bicyclic) bond motifs is 1. The van der Waals surface area contributed by atoms with Gasteiger partial charge in [-0.3, -0.25) is 16.0 Å². The number of anilines is 1. The lowest BCUT2D eigenvalue weighted by molar-refractivity contribution is 0.0274. The summed E-state index contributed by atoms with van der Waals surface area (Å²) in [6.45, 7) is 1.45. The van der Waals surface area contributed by atoms with Crippen molar-refractivity contribution in [3.8, 4) is 0 Å². The van der Waals surface area contributed by atoms with Gasteiger partial charge in [0.05, 0.1) is 18.0 Å². The highest BCUT2D eigenvalue weighted by molar-refractivity contribution is 5.44. The minimum atomic E-state index is -1.13. The third kappa shape index (κ3) is 2.35. The van der Waals surface area contributed by atoms with Gasteiger partial charge < -0.3 is 20.6 Å². The molecule has 0 radical (unpaired) electrons. The Labute approximate surface area is 97.5 Å². The number of nitrogens with two attached hydrogens (primary N) is 1. The number of rotatable bonds is 2. The van der Waals surface area contributed by atoms with Crippen molar-refractivity contribution in [3.05, 3.63) is 17.6 Å². The molecule has 0 fully saturated rings. The van der Waals surface area contributed by atoms with Crippen LogP contribution in [0.15, 0.2) is 6.20 Å². The summed E-state index contributed by atoms with van der Waals surface area (Å²) in [7, 11) is 0. The SMILES string of the molecule is C[C@H](O)[C@H](O)c1cnc2c(n1)N[C@@H](N)N[C@@H]2O. The van der Waals surface area contributed by atoms with Crippen LogP contribution in [-0.4, -0.2) is 37.7 Å². The standard InChI is InChI=1S/C9H15N5O3/c1-3(15)6(16)4-2-11-5-7(12-4)13-9(10)14-8(5)17/h2-3,6,8-9,14-17H,10H2,1H3,(H,12,13)/t3-,6-,8+,9+/m0/s1. The Hall–Kier alpha value is -1.32. The molecule has 1 aliphatic heterocycles. The van der Waals surface area contributed by atoms with Gasteiger partial charge in [-0.15, -0.1) is 0 Å². The van der Waals surface area contributed by atoms with Crippen LogP contribution in [0.5, 0.6) is 0 Å². The van der Waals surface area contributed by atoms with Gasteiger partial charge in [0, 0.05) is 0 Å². The van der Waals surface area contributed by atoms with Crippen LogP contribution in [0.2, 0.25) is 0 Å². The first-order valence-electron chi connectivity index (χ1n) is 5.18. The van der Waals surface area contributed by atoms with Crippen LogP contribution in [0.4, 0.5) is 5.82 Å². The molecule has 0 saturated heterocycles. The molecule has 94 valence electrons. The molecule has 0 aliphatic carbocycles. The molecule has 7 N–H and O–H groups in total. The molecule has 4 atom stereocenters. The van der Waals surface area contributed by atoms with Gasteiger partial charge in [-0.1, -0.05) is 0 Å². The maximum absolute atomic E-state index is 9.64. The molecule has 8 heteroatoms. The summed E-state index contributed by atoms with van der Waals surface area (Å²) in [5.41, 5.74) is 6.08. The second-order valence-corrected chi connectivity index (χ2v) is 3.91. The molecule has 0 saturated carbocycles. The van der Waals surface area contributed by atoms with E-state index in [2.05, 4.69) is 20.6 Å². The van der Waals surface area contributed by atoms with Crippen LogP contribution < -0.4 is 16.4 Å². The van der Waals surface area contributed by atoms with Gasteiger partial charge in [0.1, 0.15) is 18.1 Å². The molecule has 1 aliphatic rings. The van der Waals surface area contributed by atoms with E-state index in [9.17, 15) is 15.3 Å². The smallest absolute Gasteiger partial charge is 0.154 e. The molecule has 0 amide bonds. The van der Waals surface area contributed by atoms with Gasteiger partial charge in [-0.25, -0.2) is 4.98 Å². The molecular formula is C9H15N5O3. The summed E-state index contributed by atoms with van der Waals surface area (Å²) in [6, 6.07) is 0. The highest BCUT2D eigenvalue weighted by Gasteiger charge is 2.26. The second-order valence-electron chi connectivity index (χ2n) is 3.91. The third-order valence-corrected chi connectivity index (χ3v) is 2.47. The van der Waals surface area contributed by atoms with E-state index in [4.69, 9.17) is 5.73 Å². The minimum Gasteiger partial charge on any atom is -0.390 e. The fourth-order valence-corrected chi connectivity index (χ4v) is 1.55. The molecule has 1 aromatic heterocycles. The molecule has 0 spiro atoms. The maximum Gasteiger partial charge on any atom is 0.154 e. The fourth-order valence-electron chi connectivity index (χ4n) is 1.55. The monoisotopic (exact) mass is 241 g/mol. The summed E-state index contributed by atoms with van der Waals surface area (Å²) in [4.78, 5) is 8.05. The van der Waals surface area contributed by atoms with Crippen molar-refractivity contribution >= 4 is 5.82 Å². The highest BCUT2D eigenvalue weighted by atomic mass is 16.3. The summed E-state index contributed by atoms with van der Waals surface area (Å²) >= 11 is 0. The van der Waals surface area contributed by atoms with E-state index in [-0.39, 0.29) is 5.69 Å². The summed E-state index contributed by atoms with van der Waals surface area (Å²) in [5, 5.41) is 33.9. The first-order valence-corrected chi connectivity index (χ1v) is 5.18. The number of aromatic nitrogens is 2. The first-order chi connectivity index (χ1) is 7.99. The minimum absolute atomic E-state index is 0.215. The Kier molecular flexibility index (Phi) is 3.22. The molecule has 17 heavy (non-hydrogen) atoms. The second kappa shape index (κ2) is 4.51. The van der Waals surface area contributed by atoms with Crippen LogP contribution in [0, 0.1) is 0 Å². The van der Waals surface area contributed by atoms with E-state index in [1.165, 1.54) is 13.1 Å². The van der Waals surface area contributed by atoms with Crippen LogP contribution in [0.25, 0.3) is 0 Å². The zero-order valence-electron chi connectivity index (χ0n) is 9.20. The van der Waals surface area contributed by atoms with Crippen molar-refractivity contribution in [1.29, 1.82) is 0 Å². The maximum atomic E-state index is 9.64. The third-order valence-electron chi connectivity index (χ3n) is 2.47. The number of hydrogen-bond acceptors (Lipinski definition) is 8. The molecule has 1 aromatic rings. The molecule has 0 aromatic carbocycles. The topological polar surface area (TPSA) is 137 Å². The predicted octanol–water partition coefficient (Wildman–Crippen LogP) is -1.86. The van der Waals surface area contributed by atoms with Gasteiger partial charge in [0.2, 0.25) is 0 Å². The van der Waals surface area contributed by atoms with E-state index >= 15 is 0 Å². The van der Waals surface area contributed by atoms with Crippen molar-refractivity contribution in [2.45, 2.75) is 31.6 Å². The largest absolute Gasteiger partial charge is 0.390 e. The fraction of sp³-hybridized carbons (Fsp3) is 0.556. The van der Waals surface area contributed by atoms with Crippen molar-refractivity contribution < 1.29 is 15.3 Å². The average Bonchev–Trinajstić information content (AvgIpc) is 2.26. The summed E-state index contributed by atoms with van der Waals surface area (Å²) < 4.78 is 0. The molecular weight excluding hydrogens is 226 g/mol. The average molecular weight is 241 g/mol. The molecule has 2 heterocycles. The van der Waals surface area contributed by atoms with E-state index in [0.29, 0.717) is 11.5 Å². The lowest BCUT2D eigenvalue weighted by atomic mass is 10.1. The van der Waals surface area contributed by atoms with E-state index in [0.717, 1.165) is 0 Å². The molecule has 8 nitrogen and oxygen atoms in total. The van der Waals surface area contributed by atoms with Crippen molar-refractivity contribution in [1.82, 2.24) is 15.3 Å². The Morgan fingerprint density at radius 2 is 2.18 bits per heavy atom. The number of aliphatic hydroxyl groups is 3. The number of nitrogens with one attached hydrogen (secondary N) is 2. The normalized spacial score (nSPS) is 26.9. The Balaban J connectivity index is 2.33. The number of hydrogen-bond donors (Lipinski definition) is 6. The van der Waals surface area contributed by atoms with E-state index in [1.807, 2.05) is 0 Å². The molecule has 2 rings (SSSR count). The summed E-state index contributed by atoms with van der Waals surface area (Å²) in [5.74, 6) is 0.293. The molecule has 0 bridgehead atoms. The van der Waals surface area contributed by atoms with Crippen molar-refractivity contribution in [2.24, 2.45) is 5.73 Å². The highest BCUT2D eigenvalue weighted by Crippen LogP contribution is 2.24. The predicted molar refractivity (Wildman–Crippen MR) is 58.4 cm³/mol. The van der Waals surface area contributed by atoms with Crippen LogP contribution in [-0.2, 0) is 0 Å². The van der Waals surface area contributed by atoms with Crippen molar-refractivity contribution in [3.63, 3.8) is 0 Å². The first kappa shape index (κ1) is 12.1. The number of nitrogens with zero attached hydrogens (tertiary/aromatic N) is 2. The Morgan fingerprint density at radius 3 is 2.82 bits per heavy atom. The van der Waals surface area contributed by atoms with Gasteiger partial charge in [0.15, 0.2) is 12.0 Å². The lowest BCUT2D eigenvalue weighted by Gasteiger charge is -2.28. The van der Waals surface area contributed by atoms with Crippen LogP contribution >= 0.6 is 0 Å². The lowest BCUT2D eigenvalue weighted by Crippen LogP contribution is -2.50. The Bertz CT molecular complexity index is 414. The van der Waals surface area contributed by atoms with E-state index in [1.54, 1.807) is 0 Å². The quantitative estimate of drug-likeness (QED) is 0.354. The zero-order chi connectivity index (χ0) is 12.6. The van der Waals surface area contributed by atoms with Gasteiger partial charge >= 0.3 is 0 Å². The van der Waals surface area contributed by atoms with E-state index < -0.39 is 24.7 Å².